The predicted octanol–water partition coefficient (Wildman–Crippen LogP) is 0.531. The zero-order valence-electron chi connectivity index (χ0n) is 9.67. The third kappa shape index (κ3) is 4.32. The molecule has 86 valence electrons. The van der Waals surface area contributed by atoms with Crippen molar-refractivity contribution in [3.8, 4) is 0 Å². The van der Waals surface area contributed by atoms with Gasteiger partial charge < -0.3 is 10.6 Å². The van der Waals surface area contributed by atoms with Crippen LogP contribution in [0.3, 0.4) is 0 Å². The van der Waals surface area contributed by atoms with Crippen LogP contribution in [-0.4, -0.2) is 24.9 Å². The first kappa shape index (κ1) is 12.0. The molecule has 15 heavy (non-hydrogen) atoms. The van der Waals surface area contributed by atoms with Crippen LogP contribution in [0.2, 0.25) is 0 Å². The van der Waals surface area contributed by atoms with Gasteiger partial charge in [0.25, 0.3) is 0 Å². The SMILES string of the molecule is CC(C)CNC(=O)CNC(=O)[C@@H]1C[C@H]1C. The lowest BCUT2D eigenvalue weighted by Crippen LogP contribution is -2.38. The summed E-state index contributed by atoms with van der Waals surface area (Å²) in [5.41, 5.74) is 0. The summed E-state index contributed by atoms with van der Waals surface area (Å²) in [6, 6.07) is 0. The lowest BCUT2D eigenvalue weighted by Gasteiger charge is -2.08. The van der Waals surface area contributed by atoms with E-state index in [-0.39, 0.29) is 24.3 Å². The summed E-state index contributed by atoms with van der Waals surface area (Å²) in [5, 5.41) is 5.40. The molecule has 0 radical (unpaired) electrons. The molecule has 1 aliphatic carbocycles. The summed E-state index contributed by atoms with van der Waals surface area (Å²) < 4.78 is 0. The van der Waals surface area contributed by atoms with E-state index in [1.54, 1.807) is 0 Å². The van der Waals surface area contributed by atoms with Gasteiger partial charge in [-0.3, -0.25) is 9.59 Å². The molecule has 4 nitrogen and oxygen atoms in total. The van der Waals surface area contributed by atoms with Crippen molar-refractivity contribution in [2.24, 2.45) is 17.8 Å². The van der Waals surface area contributed by atoms with Crippen molar-refractivity contribution in [1.29, 1.82) is 0 Å². The zero-order chi connectivity index (χ0) is 11.4. The Morgan fingerprint density at radius 1 is 1.33 bits per heavy atom. The Bertz CT molecular complexity index is 251. The van der Waals surface area contributed by atoms with Gasteiger partial charge in [0, 0.05) is 12.5 Å². The Hall–Kier alpha value is -1.06. The number of carbonyl (C=O) groups excluding carboxylic acids is 2. The summed E-state index contributed by atoms with van der Waals surface area (Å²) in [6.45, 7) is 6.88. The van der Waals surface area contributed by atoms with E-state index in [2.05, 4.69) is 10.6 Å². The van der Waals surface area contributed by atoms with E-state index in [0.717, 1.165) is 6.42 Å². The quantitative estimate of drug-likeness (QED) is 0.698. The fraction of sp³-hybridized carbons (Fsp3) is 0.818. The summed E-state index contributed by atoms with van der Waals surface area (Å²) in [7, 11) is 0. The second-order valence-corrected chi connectivity index (χ2v) is 4.74. The van der Waals surface area contributed by atoms with Crippen LogP contribution in [0.4, 0.5) is 0 Å². The third-order valence-electron chi connectivity index (χ3n) is 2.58. The van der Waals surface area contributed by atoms with Crippen LogP contribution in [0, 0.1) is 17.8 Å². The number of hydrogen-bond donors (Lipinski definition) is 2. The normalized spacial score (nSPS) is 23.7. The van der Waals surface area contributed by atoms with Crippen LogP contribution in [-0.2, 0) is 9.59 Å². The molecule has 1 saturated carbocycles. The van der Waals surface area contributed by atoms with Crippen molar-refractivity contribution >= 4 is 11.8 Å². The molecule has 0 bridgehead atoms. The average molecular weight is 212 g/mol. The highest BCUT2D eigenvalue weighted by atomic mass is 16.2. The molecule has 4 heteroatoms. The van der Waals surface area contributed by atoms with Gasteiger partial charge in [0.15, 0.2) is 0 Å². The average Bonchev–Trinajstić information content (AvgIpc) is 2.88. The van der Waals surface area contributed by atoms with Crippen LogP contribution in [0.15, 0.2) is 0 Å². The van der Waals surface area contributed by atoms with E-state index in [4.69, 9.17) is 0 Å². The first-order chi connectivity index (χ1) is 7.00. The molecule has 0 spiro atoms. The number of rotatable bonds is 5. The maximum atomic E-state index is 11.4. The van der Waals surface area contributed by atoms with Crippen molar-refractivity contribution in [3.05, 3.63) is 0 Å². The van der Waals surface area contributed by atoms with Gasteiger partial charge in [0.2, 0.25) is 11.8 Å². The lowest BCUT2D eigenvalue weighted by atomic mass is 10.2. The molecule has 0 saturated heterocycles. The highest BCUT2D eigenvalue weighted by molar-refractivity contribution is 5.87. The van der Waals surface area contributed by atoms with Gasteiger partial charge in [0.05, 0.1) is 6.54 Å². The smallest absolute Gasteiger partial charge is 0.239 e. The first-order valence-corrected chi connectivity index (χ1v) is 5.55. The maximum absolute atomic E-state index is 11.4. The second-order valence-electron chi connectivity index (χ2n) is 4.74. The molecule has 2 amide bonds. The molecule has 1 rings (SSSR count). The number of hydrogen-bond acceptors (Lipinski definition) is 2. The zero-order valence-corrected chi connectivity index (χ0v) is 9.67. The molecule has 2 N–H and O–H groups in total. The fourth-order valence-electron chi connectivity index (χ4n) is 1.37. The minimum Gasteiger partial charge on any atom is -0.354 e. The van der Waals surface area contributed by atoms with E-state index in [0.29, 0.717) is 18.4 Å². The molecule has 0 aromatic rings. The van der Waals surface area contributed by atoms with Crippen LogP contribution >= 0.6 is 0 Å². The molecular weight excluding hydrogens is 192 g/mol. The number of carbonyl (C=O) groups is 2. The molecule has 0 unspecified atom stereocenters. The highest BCUT2D eigenvalue weighted by Gasteiger charge is 2.38. The Morgan fingerprint density at radius 2 is 1.93 bits per heavy atom. The summed E-state index contributed by atoms with van der Waals surface area (Å²) in [4.78, 5) is 22.6. The molecule has 0 aliphatic heterocycles. The van der Waals surface area contributed by atoms with Gasteiger partial charge in [-0.1, -0.05) is 20.8 Å². The monoisotopic (exact) mass is 212 g/mol. The first-order valence-electron chi connectivity index (χ1n) is 5.55. The maximum Gasteiger partial charge on any atom is 0.239 e. The minimum absolute atomic E-state index is 0.0159. The largest absolute Gasteiger partial charge is 0.354 e. The van der Waals surface area contributed by atoms with Crippen molar-refractivity contribution in [3.63, 3.8) is 0 Å². The van der Waals surface area contributed by atoms with Crippen LogP contribution < -0.4 is 10.6 Å². The Kier molecular flexibility index (Phi) is 4.12. The van der Waals surface area contributed by atoms with E-state index >= 15 is 0 Å². The van der Waals surface area contributed by atoms with Gasteiger partial charge in [0.1, 0.15) is 0 Å². The Morgan fingerprint density at radius 3 is 2.40 bits per heavy atom. The van der Waals surface area contributed by atoms with Gasteiger partial charge in [-0.2, -0.15) is 0 Å². The van der Waals surface area contributed by atoms with E-state index in [1.807, 2.05) is 20.8 Å². The van der Waals surface area contributed by atoms with E-state index in [1.165, 1.54) is 0 Å². The molecule has 1 fully saturated rings. The third-order valence-corrected chi connectivity index (χ3v) is 2.58. The second kappa shape index (κ2) is 5.14. The van der Waals surface area contributed by atoms with Crippen molar-refractivity contribution < 1.29 is 9.59 Å². The Balaban J connectivity index is 2.08. The molecule has 2 atom stereocenters. The molecule has 1 aliphatic rings. The lowest BCUT2D eigenvalue weighted by molar-refractivity contribution is -0.127. The van der Waals surface area contributed by atoms with Gasteiger partial charge in [-0.25, -0.2) is 0 Å². The molecule has 0 heterocycles. The van der Waals surface area contributed by atoms with Crippen molar-refractivity contribution in [1.82, 2.24) is 10.6 Å². The van der Waals surface area contributed by atoms with Gasteiger partial charge in [-0.15, -0.1) is 0 Å². The minimum atomic E-state index is -0.106. The highest BCUT2D eigenvalue weighted by Crippen LogP contribution is 2.37. The van der Waals surface area contributed by atoms with Crippen molar-refractivity contribution in [2.75, 3.05) is 13.1 Å². The molecule has 0 aromatic carbocycles. The number of amides is 2. The van der Waals surface area contributed by atoms with Crippen LogP contribution in [0.5, 0.6) is 0 Å². The van der Waals surface area contributed by atoms with E-state index in [9.17, 15) is 9.59 Å². The summed E-state index contributed by atoms with van der Waals surface area (Å²) >= 11 is 0. The number of nitrogens with one attached hydrogen (secondary N) is 2. The van der Waals surface area contributed by atoms with Crippen LogP contribution in [0.1, 0.15) is 27.2 Å². The van der Waals surface area contributed by atoms with Crippen molar-refractivity contribution in [2.45, 2.75) is 27.2 Å². The molecule has 0 aromatic heterocycles. The molecular formula is C11H20N2O2. The Labute approximate surface area is 90.8 Å². The predicted molar refractivity (Wildman–Crippen MR) is 58.1 cm³/mol. The van der Waals surface area contributed by atoms with Gasteiger partial charge >= 0.3 is 0 Å². The van der Waals surface area contributed by atoms with Crippen LogP contribution in [0.25, 0.3) is 0 Å². The van der Waals surface area contributed by atoms with E-state index < -0.39 is 0 Å². The summed E-state index contributed by atoms with van der Waals surface area (Å²) in [6.07, 6.45) is 0.958. The standard InChI is InChI=1S/C11H20N2O2/c1-7(2)5-12-10(14)6-13-11(15)9-4-8(9)3/h7-9H,4-6H2,1-3H3,(H,12,14)(H,13,15)/t8-,9-/m1/s1. The summed E-state index contributed by atoms with van der Waals surface area (Å²) in [5.74, 6) is 0.979. The van der Waals surface area contributed by atoms with Gasteiger partial charge in [-0.05, 0) is 18.3 Å². The fourth-order valence-corrected chi connectivity index (χ4v) is 1.37. The topological polar surface area (TPSA) is 58.2 Å².